The minimum absolute atomic E-state index is 0.0396. The summed E-state index contributed by atoms with van der Waals surface area (Å²) >= 11 is 0. The first-order valence-corrected chi connectivity index (χ1v) is 6.01. The van der Waals surface area contributed by atoms with E-state index in [0.29, 0.717) is 6.61 Å². The Kier molecular flexibility index (Phi) is 4.23. The van der Waals surface area contributed by atoms with Crippen molar-refractivity contribution < 1.29 is 9.84 Å². The van der Waals surface area contributed by atoms with Crippen molar-refractivity contribution in [2.24, 2.45) is 10.2 Å². The summed E-state index contributed by atoms with van der Waals surface area (Å²) in [4.78, 5) is 0. The molecule has 0 amide bonds. The van der Waals surface area contributed by atoms with Gasteiger partial charge >= 0.3 is 0 Å². The Labute approximate surface area is 101 Å². The molecule has 0 saturated heterocycles. The average Bonchev–Trinajstić information content (AvgIpc) is 3.16. The third-order valence-electron chi connectivity index (χ3n) is 2.86. The zero-order valence-corrected chi connectivity index (χ0v) is 9.88. The van der Waals surface area contributed by atoms with E-state index in [4.69, 9.17) is 9.84 Å². The van der Waals surface area contributed by atoms with Crippen LogP contribution in [-0.4, -0.2) is 24.0 Å². The van der Waals surface area contributed by atoms with E-state index in [1.54, 1.807) is 0 Å². The number of nitrogens with zero attached hydrogens (tertiary/aromatic N) is 2. The molecule has 92 valence electrons. The number of benzene rings is 1. The fourth-order valence-electron chi connectivity index (χ4n) is 1.69. The molecule has 4 nitrogen and oxygen atoms in total. The molecule has 0 bridgehead atoms. The highest BCUT2D eigenvalue weighted by molar-refractivity contribution is 5.13. The van der Waals surface area contributed by atoms with Crippen LogP contribution in [0, 0.1) is 0 Å². The number of aliphatic hydroxyl groups excluding tert-OH is 1. The summed E-state index contributed by atoms with van der Waals surface area (Å²) in [6, 6.07) is 10.1. The van der Waals surface area contributed by atoms with Gasteiger partial charge in [-0.1, -0.05) is 30.3 Å². The summed E-state index contributed by atoms with van der Waals surface area (Å²) in [5, 5.41) is 16.7. The molecular formula is C13H18N2O2. The zero-order chi connectivity index (χ0) is 12.0. The van der Waals surface area contributed by atoms with Crippen LogP contribution in [0.1, 0.15) is 24.8 Å². The Morgan fingerprint density at radius 2 is 1.88 bits per heavy atom. The predicted molar refractivity (Wildman–Crippen MR) is 64.6 cm³/mol. The fraction of sp³-hybridized carbons (Fsp3) is 0.538. The van der Waals surface area contributed by atoms with E-state index in [0.717, 1.165) is 25.9 Å². The standard InChI is InChI=1S/C13H18N2O2/c16-11-13(14-15-13)8-4-5-9-17-10-12-6-2-1-3-7-12/h1-3,6-7,16H,4-5,8-11H2. The van der Waals surface area contributed by atoms with E-state index in [9.17, 15) is 0 Å². The highest BCUT2D eigenvalue weighted by Gasteiger charge is 2.38. The zero-order valence-electron chi connectivity index (χ0n) is 9.88. The van der Waals surface area contributed by atoms with Gasteiger partial charge < -0.3 is 9.84 Å². The van der Waals surface area contributed by atoms with Crippen LogP contribution in [0.15, 0.2) is 40.6 Å². The van der Waals surface area contributed by atoms with Gasteiger partial charge in [0.15, 0.2) is 0 Å². The molecule has 1 aromatic carbocycles. The van der Waals surface area contributed by atoms with E-state index >= 15 is 0 Å². The van der Waals surface area contributed by atoms with E-state index < -0.39 is 5.66 Å². The van der Waals surface area contributed by atoms with Crippen LogP contribution in [0.3, 0.4) is 0 Å². The molecule has 0 atom stereocenters. The number of hydrogen-bond donors (Lipinski definition) is 1. The van der Waals surface area contributed by atoms with Crippen LogP contribution >= 0.6 is 0 Å². The average molecular weight is 234 g/mol. The maximum atomic E-state index is 8.99. The summed E-state index contributed by atoms with van der Waals surface area (Å²) in [6.45, 7) is 1.45. The minimum atomic E-state index is -0.445. The molecule has 2 rings (SSSR count). The molecule has 4 heteroatoms. The van der Waals surface area contributed by atoms with Gasteiger partial charge in [-0.25, -0.2) is 0 Å². The molecule has 1 aliphatic heterocycles. The molecule has 0 aromatic heterocycles. The first-order valence-electron chi connectivity index (χ1n) is 6.01. The Morgan fingerprint density at radius 1 is 1.12 bits per heavy atom. The quantitative estimate of drug-likeness (QED) is 0.703. The molecule has 0 aliphatic carbocycles. The molecule has 0 spiro atoms. The molecule has 0 radical (unpaired) electrons. The first kappa shape index (κ1) is 12.2. The Balaban J connectivity index is 1.50. The maximum absolute atomic E-state index is 8.99. The second-order valence-electron chi connectivity index (χ2n) is 4.34. The van der Waals surface area contributed by atoms with Crippen LogP contribution in [-0.2, 0) is 11.3 Å². The first-order chi connectivity index (χ1) is 8.35. The lowest BCUT2D eigenvalue weighted by Gasteiger charge is -2.07. The van der Waals surface area contributed by atoms with Gasteiger partial charge in [0.05, 0.1) is 13.2 Å². The van der Waals surface area contributed by atoms with Crippen molar-refractivity contribution in [3.05, 3.63) is 35.9 Å². The van der Waals surface area contributed by atoms with Crippen molar-refractivity contribution in [2.45, 2.75) is 31.5 Å². The summed E-state index contributed by atoms with van der Waals surface area (Å²) in [5.41, 5.74) is 0.755. The number of aliphatic hydroxyl groups is 1. The van der Waals surface area contributed by atoms with Gasteiger partial charge in [-0.15, -0.1) is 0 Å². The second-order valence-corrected chi connectivity index (χ2v) is 4.34. The van der Waals surface area contributed by atoms with E-state index in [1.807, 2.05) is 18.2 Å². The van der Waals surface area contributed by atoms with Crippen molar-refractivity contribution in [3.63, 3.8) is 0 Å². The molecule has 1 heterocycles. The van der Waals surface area contributed by atoms with E-state index in [1.165, 1.54) is 5.56 Å². The normalized spacial score (nSPS) is 16.1. The largest absolute Gasteiger partial charge is 0.392 e. The van der Waals surface area contributed by atoms with Gasteiger partial charge in [0.25, 0.3) is 0 Å². The smallest absolute Gasteiger partial charge is 0.213 e. The van der Waals surface area contributed by atoms with Crippen molar-refractivity contribution in [2.75, 3.05) is 13.2 Å². The van der Waals surface area contributed by atoms with Crippen LogP contribution in [0.25, 0.3) is 0 Å². The summed E-state index contributed by atoms with van der Waals surface area (Å²) in [5.74, 6) is 0. The third kappa shape index (κ3) is 3.91. The number of ether oxygens (including phenoxy) is 1. The lowest BCUT2D eigenvalue weighted by molar-refractivity contribution is 0.115. The van der Waals surface area contributed by atoms with Crippen molar-refractivity contribution in [1.82, 2.24) is 0 Å². The minimum Gasteiger partial charge on any atom is -0.392 e. The topological polar surface area (TPSA) is 54.2 Å². The monoisotopic (exact) mass is 234 g/mol. The van der Waals surface area contributed by atoms with Gasteiger partial charge in [0.1, 0.15) is 0 Å². The van der Waals surface area contributed by atoms with Gasteiger partial charge in [-0.3, -0.25) is 0 Å². The maximum Gasteiger partial charge on any atom is 0.213 e. The van der Waals surface area contributed by atoms with Gasteiger partial charge in [-0.2, -0.15) is 10.2 Å². The van der Waals surface area contributed by atoms with E-state index in [-0.39, 0.29) is 6.61 Å². The summed E-state index contributed by atoms with van der Waals surface area (Å²) < 4.78 is 5.56. The van der Waals surface area contributed by atoms with Crippen molar-refractivity contribution in [1.29, 1.82) is 0 Å². The molecule has 17 heavy (non-hydrogen) atoms. The van der Waals surface area contributed by atoms with Crippen molar-refractivity contribution in [3.8, 4) is 0 Å². The summed E-state index contributed by atoms with van der Waals surface area (Å²) in [7, 11) is 0. The molecule has 0 saturated carbocycles. The number of rotatable bonds is 8. The van der Waals surface area contributed by atoms with Crippen molar-refractivity contribution >= 4 is 0 Å². The fourth-order valence-corrected chi connectivity index (χ4v) is 1.69. The lowest BCUT2D eigenvalue weighted by Crippen LogP contribution is -2.16. The van der Waals surface area contributed by atoms with Crippen LogP contribution in [0.5, 0.6) is 0 Å². The summed E-state index contributed by atoms with van der Waals surface area (Å²) in [6.07, 6.45) is 2.81. The SMILES string of the molecule is OCC1(CCCCOCc2ccccc2)N=N1. The molecule has 1 N–H and O–H groups in total. The van der Waals surface area contributed by atoms with Gasteiger partial charge in [0, 0.05) is 6.61 Å². The molecule has 0 fully saturated rings. The Bertz CT molecular complexity index is 359. The lowest BCUT2D eigenvalue weighted by atomic mass is 10.1. The predicted octanol–water partition coefficient (Wildman–Crippen LogP) is 2.53. The molecular weight excluding hydrogens is 216 g/mol. The Morgan fingerprint density at radius 3 is 2.53 bits per heavy atom. The Hall–Kier alpha value is -1.26. The van der Waals surface area contributed by atoms with Gasteiger partial charge in [0.2, 0.25) is 5.66 Å². The highest BCUT2D eigenvalue weighted by Crippen LogP contribution is 2.32. The molecule has 1 aromatic rings. The van der Waals surface area contributed by atoms with Crippen LogP contribution < -0.4 is 0 Å². The van der Waals surface area contributed by atoms with Crippen LogP contribution in [0.2, 0.25) is 0 Å². The number of hydrogen-bond acceptors (Lipinski definition) is 4. The molecule has 0 unspecified atom stereocenters. The van der Waals surface area contributed by atoms with Crippen LogP contribution in [0.4, 0.5) is 0 Å². The molecule has 1 aliphatic rings. The second kappa shape index (κ2) is 5.89. The van der Waals surface area contributed by atoms with Gasteiger partial charge in [-0.05, 0) is 24.8 Å². The van der Waals surface area contributed by atoms with E-state index in [2.05, 4.69) is 22.4 Å². The number of unbranched alkanes of at least 4 members (excludes halogenated alkanes) is 1. The highest BCUT2D eigenvalue weighted by atomic mass is 16.5. The third-order valence-corrected chi connectivity index (χ3v) is 2.86.